The van der Waals surface area contributed by atoms with E-state index in [0.29, 0.717) is 41.0 Å². The van der Waals surface area contributed by atoms with E-state index >= 15 is 0 Å². The number of carbonyl (C=O) groups is 3. The molecule has 31 heavy (non-hydrogen) atoms. The maximum atomic E-state index is 13.6. The van der Waals surface area contributed by atoms with E-state index in [-0.39, 0.29) is 18.3 Å². The van der Waals surface area contributed by atoms with E-state index < -0.39 is 23.8 Å². The second kappa shape index (κ2) is 9.37. The molecule has 2 aliphatic rings. The maximum Gasteiger partial charge on any atom is 0.336 e. The highest BCUT2D eigenvalue weighted by Gasteiger charge is 2.47. The number of rotatable bonds is 6. The van der Waals surface area contributed by atoms with Crippen LogP contribution in [0.5, 0.6) is 5.75 Å². The van der Waals surface area contributed by atoms with Crippen LogP contribution >= 0.6 is 0 Å². The van der Waals surface area contributed by atoms with E-state index in [1.807, 2.05) is 32.0 Å². The van der Waals surface area contributed by atoms with Gasteiger partial charge >= 0.3 is 11.9 Å². The minimum absolute atomic E-state index is 0.231. The highest BCUT2D eigenvalue weighted by Crippen LogP contribution is 2.47. The van der Waals surface area contributed by atoms with Crippen molar-refractivity contribution in [2.75, 3.05) is 20.8 Å². The number of methoxy groups -OCH3 is 2. The lowest BCUT2D eigenvalue weighted by Gasteiger charge is -2.38. The quantitative estimate of drug-likeness (QED) is 0.550. The van der Waals surface area contributed by atoms with Gasteiger partial charge in [0.15, 0.2) is 5.78 Å². The van der Waals surface area contributed by atoms with E-state index in [1.54, 1.807) is 20.1 Å². The summed E-state index contributed by atoms with van der Waals surface area (Å²) >= 11 is 0. The van der Waals surface area contributed by atoms with E-state index in [9.17, 15) is 14.4 Å². The van der Waals surface area contributed by atoms with Gasteiger partial charge in [-0.05, 0) is 31.7 Å². The Morgan fingerprint density at radius 3 is 2.55 bits per heavy atom. The first-order chi connectivity index (χ1) is 14.8. The average Bonchev–Trinajstić information content (AvgIpc) is 2.76. The van der Waals surface area contributed by atoms with Crippen molar-refractivity contribution in [3.05, 3.63) is 52.4 Å². The molecule has 0 radical (unpaired) electrons. The number of ketones is 1. The first-order valence-electron chi connectivity index (χ1n) is 10.5. The summed E-state index contributed by atoms with van der Waals surface area (Å²) in [6.45, 7) is 5.85. The van der Waals surface area contributed by atoms with Crippen LogP contribution in [-0.2, 0) is 23.9 Å². The van der Waals surface area contributed by atoms with Gasteiger partial charge in [0.05, 0.1) is 32.3 Å². The second-order valence-electron chi connectivity index (χ2n) is 7.91. The summed E-state index contributed by atoms with van der Waals surface area (Å²) in [6, 6.07) is 7.28. The van der Waals surface area contributed by atoms with Crippen molar-refractivity contribution in [3.63, 3.8) is 0 Å². The summed E-state index contributed by atoms with van der Waals surface area (Å²) in [6.07, 6.45) is 1.17. The monoisotopic (exact) mass is 427 g/mol. The van der Waals surface area contributed by atoms with Gasteiger partial charge in [-0.25, -0.2) is 4.79 Å². The van der Waals surface area contributed by atoms with Crippen LogP contribution in [0.2, 0.25) is 0 Å². The summed E-state index contributed by atoms with van der Waals surface area (Å²) in [5.41, 5.74) is 2.77. The van der Waals surface area contributed by atoms with E-state index in [0.717, 1.165) is 5.70 Å². The van der Waals surface area contributed by atoms with Gasteiger partial charge in [-0.15, -0.1) is 0 Å². The Kier molecular flexibility index (Phi) is 6.83. The summed E-state index contributed by atoms with van der Waals surface area (Å²) in [4.78, 5) is 39.1. The molecule has 0 spiro atoms. The summed E-state index contributed by atoms with van der Waals surface area (Å²) in [5.74, 6) is -2.70. The lowest BCUT2D eigenvalue weighted by atomic mass is 9.69. The van der Waals surface area contributed by atoms with E-state index in [1.165, 1.54) is 7.11 Å². The fourth-order valence-corrected chi connectivity index (χ4v) is 4.44. The summed E-state index contributed by atoms with van der Waals surface area (Å²) in [5, 5.41) is 3.25. The number of esters is 2. The number of Topliss-reactive ketones (excluding diaryl/α,β-unsaturated/α-hetero) is 1. The number of dihydropyridines is 1. The zero-order valence-electron chi connectivity index (χ0n) is 18.6. The zero-order valence-corrected chi connectivity index (χ0v) is 18.6. The van der Waals surface area contributed by atoms with Crippen molar-refractivity contribution in [2.45, 2.75) is 39.5 Å². The third-order valence-electron chi connectivity index (χ3n) is 5.85. The minimum atomic E-state index is -0.922. The van der Waals surface area contributed by atoms with Gasteiger partial charge in [0.2, 0.25) is 0 Å². The maximum absolute atomic E-state index is 13.6. The fraction of sp³-hybridized carbons (Fsp3) is 0.458. The summed E-state index contributed by atoms with van der Waals surface area (Å²) in [7, 11) is 2.82. The molecule has 1 aromatic rings. The lowest BCUT2D eigenvalue weighted by Crippen LogP contribution is -2.43. The Balaban J connectivity index is 2.20. The Morgan fingerprint density at radius 1 is 1.19 bits per heavy atom. The van der Waals surface area contributed by atoms with Gasteiger partial charge in [-0.3, -0.25) is 9.59 Å². The number of nitrogens with one attached hydrogen (secondary N) is 1. The van der Waals surface area contributed by atoms with Crippen LogP contribution in [0.15, 0.2) is 46.8 Å². The molecular formula is C24H29NO6. The molecule has 3 rings (SSSR count). The molecule has 0 saturated heterocycles. The van der Waals surface area contributed by atoms with Crippen molar-refractivity contribution in [2.24, 2.45) is 11.8 Å². The number of hydrogen-bond acceptors (Lipinski definition) is 7. The molecule has 7 nitrogen and oxygen atoms in total. The molecule has 0 fully saturated rings. The van der Waals surface area contributed by atoms with Gasteiger partial charge in [0, 0.05) is 22.5 Å². The van der Waals surface area contributed by atoms with Crippen LogP contribution in [0.3, 0.4) is 0 Å². The Morgan fingerprint density at radius 2 is 1.90 bits per heavy atom. The Bertz CT molecular complexity index is 961. The van der Waals surface area contributed by atoms with E-state index in [4.69, 9.17) is 14.2 Å². The molecule has 3 atom stereocenters. The third kappa shape index (κ3) is 4.09. The van der Waals surface area contributed by atoms with Crippen LogP contribution in [0.4, 0.5) is 0 Å². The smallest absolute Gasteiger partial charge is 0.336 e. The molecule has 0 saturated carbocycles. The number of allylic oxidation sites excluding steroid dienone is 3. The SMILES string of the molecule is CCCOC(=O)C1=C(C)NC2=C(C(=O)[C@@H](C(=O)OC)[C@@H](C)C2)[C@@H]1c1ccccc1OC. The largest absolute Gasteiger partial charge is 0.496 e. The Hall–Kier alpha value is -3.09. The van der Waals surface area contributed by atoms with Crippen LogP contribution in [0.25, 0.3) is 0 Å². The summed E-state index contributed by atoms with van der Waals surface area (Å²) < 4.78 is 15.9. The number of hydrogen-bond donors (Lipinski definition) is 1. The van der Waals surface area contributed by atoms with Gasteiger partial charge in [0.1, 0.15) is 11.7 Å². The zero-order chi connectivity index (χ0) is 22.7. The molecule has 7 heteroatoms. The normalized spacial score (nSPS) is 23.1. The first-order valence-corrected chi connectivity index (χ1v) is 10.5. The molecule has 1 aromatic carbocycles. The number of ether oxygens (including phenoxy) is 3. The van der Waals surface area contributed by atoms with Crippen LogP contribution < -0.4 is 10.1 Å². The standard InChI is InChI=1S/C24H29NO6/c1-6-11-31-24(28)19-14(3)25-16-12-13(2)18(23(27)30-5)22(26)21(16)20(19)15-9-7-8-10-17(15)29-4/h7-10,13,18,20,25H,6,11-12H2,1-5H3/t13-,18-,20+/m0/s1. The van der Waals surface area contributed by atoms with Gasteiger partial charge in [-0.2, -0.15) is 0 Å². The molecule has 0 aromatic heterocycles. The molecular weight excluding hydrogens is 398 g/mol. The molecule has 166 valence electrons. The van der Waals surface area contributed by atoms with E-state index in [2.05, 4.69) is 5.32 Å². The van der Waals surface area contributed by atoms with Crippen molar-refractivity contribution in [1.82, 2.24) is 5.32 Å². The van der Waals surface area contributed by atoms with Crippen LogP contribution in [0, 0.1) is 11.8 Å². The predicted octanol–water partition coefficient (Wildman–Crippen LogP) is 3.26. The van der Waals surface area contributed by atoms with Gasteiger partial charge < -0.3 is 19.5 Å². The second-order valence-corrected chi connectivity index (χ2v) is 7.91. The molecule has 1 N–H and O–H groups in total. The highest BCUT2D eigenvalue weighted by molar-refractivity contribution is 6.12. The van der Waals surface area contributed by atoms with Crippen LogP contribution in [0.1, 0.15) is 45.1 Å². The number of para-hydroxylation sites is 1. The molecule has 1 aliphatic carbocycles. The van der Waals surface area contributed by atoms with Gasteiger partial charge in [-0.1, -0.05) is 32.0 Å². The van der Waals surface area contributed by atoms with Crippen molar-refractivity contribution in [3.8, 4) is 5.75 Å². The van der Waals surface area contributed by atoms with Crippen molar-refractivity contribution < 1.29 is 28.6 Å². The minimum Gasteiger partial charge on any atom is -0.496 e. The number of benzene rings is 1. The predicted molar refractivity (Wildman–Crippen MR) is 114 cm³/mol. The first kappa shape index (κ1) is 22.6. The third-order valence-corrected chi connectivity index (χ3v) is 5.85. The lowest BCUT2D eigenvalue weighted by molar-refractivity contribution is -0.151. The topological polar surface area (TPSA) is 90.9 Å². The molecule has 1 heterocycles. The Labute approximate surface area is 182 Å². The fourth-order valence-electron chi connectivity index (χ4n) is 4.44. The molecule has 1 aliphatic heterocycles. The highest BCUT2D eigenvalue weighted by atomic mass is 16.5. The average molecular weight is 427 g/mol. The number of carbonyl (C=O) groups excluding carboxylic acids is 3. The van der Waals surface area contributed by atoms with Crippen molar-refractivity contribution >= 4 is 17.7 Å². The van der Waals surface area contributed by atoms with Gasteiger partial charge in [0.25, 0.3) is 0 Å². The molecule has 0 unspecified atom stereocenters. The van der Waals surface area contributed by atoms with Crippen LogP contribution in [-0.4, -0.2) is 38.5 Å². The molecule has 0 bridgehead atoms. The van der Waals surface area contributed by atoms with Crippen molar-refractivity contribution in [1.29, 1.82) is 0 Å². The molecule has 0 amide bonds.